The molecule has 0 spiro atoms. The molecule has 0 fully saturated rings. The predicted octanol–water partition coefficient (Wildman–Crippen LogP) is 2.46. The molecule has 3 heteroatoms. The Morgan fingerprint density at radius 2 is 2.06 bits per heavy atom. The van der Waals surface area contributed by atoms with E-state index in [4.69, 9.17) is 9.47 Å². The minimum Gasteiger partial charge on any atom is -0.488 e. The van der Waals surface area contributed by atoms with Gasteiger partial charge < -0.3 is 9.47 Å². The normalized spacial score (nSPS) is 20.8. The van der Waals surface area contributed by atoms with E-state index in [9.17, 15) is 4.79 Å². The monoisotopic (exact) mass is 218 g/mol. The summed E-state index contributed by atoms with van der Waals surface area (Å²) in [6.45, 7) is 4.58. The molecule has 0 aliphatic carbocycles. The zero-order valence-electron chi connectivity index (χ0n) is 9.50. The lowest BCUT2D eigenvalue weighted by Gasteiger charge is -2.33. The van der Waals surface area contributed by atoms with Crippen LogP contribution < -0.4 is 4.74 Å². The van der Waals surface area contributed by atoms with Crippen molar-refractivity contribution in [3.05, 3.63) is 28.8 Å². The highest BCUT2D eigenvalue weighted by Crippen LogP contribution is 2.38. The van der Waals surface area contributed by atoms with E-state index in [1.165, 1.54) is 0 Å². The third-order valence-electron chi connectivity index (χ3n) is 3.32. The average molecular weight is 218 g/mol. The lowest BCUT2D eigenvalue weighted by atomic mass is 9.90. The van der Waals surface area contributed by atoms with Crippen LogP contribution in [0.25, 0.3) is 0 Å². The molecule has 0 unspecified atom stereocenters. The van der Waals surface area contributed by atoms with E-state index >= 15 is 0 Å². The van der Waals surface area contributed by atoms with E-state index in [2.05, 4.69) is 13.8 Å². The maximum atomic E-state index is 11.4. The molecule has 0 atom stereocenters. The van der Waals surface area contributed by atoms with Gasteiger partial charge in [-0.15, -0.1) is 0 Å². The van der Waals surface area contributed by atoms with Crippen molar-refractivity contribution in [2.24, 2.45) is 0 Å². The van der Waals surface area contributed by atoms with Crippen molar-refractivity contribution in [1.82, 2.24) is 0 Å². The molecule has 0 saturated carbocycles. The number of hydrogen-bond donors (Lipinski definition) is 0. The Balaban J connectivity index is 2.11. The summed E-state index contributed by atoms with van der Waals surface area (Å²) in [6, 6.07) is 3.70. The maximum Gasteiger partial charge on any atom is 0.338 e. The first-order valence-corrected chi connectivity index (χ1v) is 5.58. The van der Waals surface area contributed by atoms with Crippen molar-refractivity contribution in [3.8, 4) is 5.75 Å². The molecule has 2 heterocycles. The standard InChI is InChI=1S/C13H14O3/c1-13(2)6-5-8-10-7-15-12(14)9(10)3-4-11(8)16-13/h3-4H,5-7H2,1-2H3. The molecule has 3 nitrogen and oxygen atoms in total. The maximum absolute atomic E-state index is 11.4. The van der Waals surface area contributed by atoms with Crippen molar-refractivity contribution in [3.63, 3.8) is 0 Å². The van der Waals surface area contributed by atoms with Crippen LogP contribution in [0.2, 0.25) is 0 Å². The topological polar surface area (TPSA) is 35.5 Å². The lowest BCUT2D eigenvalue weighted by molar-refractivity contribution is 0.0532. The molecule has 0 bridgehead atoms. The van der Waals surface area contributed by atoms with Gasteiger partial charge in [0.25, 0.3) is 0 Å². The fourth-order valence-electron chi connectivity index (χ4n) is 2.39. The SMILES string of the molecule is CC1(C)CCc2c(ccc3c2COC3=O)O1. The average Bonchev–Trinajstić information content (AvgIpc) is 2.59. The second-order valence-corrected chi connectivity index (χ2v) is 5.01. The van der Waals surface area contributed by atoms with Gasteiger partial charge in [0, 0.05) is 11.1 Å². The lowest BCUT2D eigenvalue weighted by Crippen LogP contribution is -2.33. The number of fused-ring (bicyclic) bond motifs is 3. The Morgan fingerprint density at radius 3 is 2.88 bits per heavy atom. The summed E-state index contributed by atoms with van der Waals surface area (Å²) in [7, 11) is 0. The number of carbonyl (C=O) groups is 1. The van der Waals surface area contributed by atoms with E-state index in [1.54, 1.807) is 0 Å². The van der Waals surface area contributed by atoms with Crippen molar-refractivity contribution in [1.29, 1.82) is 0 Å². The Hall–Kier alpha value is -1.51. The zero-order valence-corrected chi connectivity index (χ0v) is 9.50. The van der Waals surface area contributed by atoms with Crippen LogP contribution >= 0.6 is 0 Å². The van der Waals surface area contributed by atoms with Crippen LogP contribution in [0.1, 0.15) is 41.8 Å². The molecular formula is C13H14O3. The minimum atomic E-state index is -0.206. The minimum absolute atomic E-state index is 0.106. The van der Waals surface area contributed by atoms with Crippen LogP contribution in [-0.2, 0) is 17.8 Å². The van der Waals surface area contributed by atoms with Crippen molar-refractivity contribution in [2.45, 2.75) is 38.9 Å². The van der Waals surface area contributed by atoms with Crippen LogP contribution in [0.3, 0.4) is 0 Å². The molecule has 84 valence electrons. The Labute approximate surface area is 94.4 Å². The highest BCUT2D eigenvalue weighted by molar-refractivity contribution is 5.94. The van der Waals surface area contributed by atoms with Gasteiger partial charge in [0.2, 0.25) is 0 Å². The second kappa shape index (κ2) is 3.00. The third kappa shape index (κ3) is 1.31. The van der Waals surface area contributed by atoms with Crippen LogP contribution in [0.4, 0.5) is 0 Å². The Kier molecular flexibility index (Phi) is 1.82. The fourth-order valence-corrected chi connectivity index (χ4v) is 2.39. The number of rotatable bonds is 0. The van der Waals surface area contributed by atoms with E-state index < -0.39 is 0 Å². The van der Waals surface area contributed by atoms with Crippen LogP contribution in [0.15, 0.2) is 12.1 Å². The number of hydrogen-bond acceptors (Lipinski definition) is 3. The van der Waals surface area contributed by atoms with Gasteiger partial charge in [-0.2, -0.15) is 0 Å². The van der Waals surface area contributed by atoms with Gasteiger partial charge in [0.1, 0.15) is 18.0 Å². The summed E-state index contributed by atoms with van der Waals surface area (Å²) in [6.07, 6.45) is 1.94. The Morgan fingerprint density at radius 1 is 1.25 bits per heavy atom. The van der Waals surface area contributed by atoms with Crippen LogP contribution in [-0.4, -0.2) is 11.6 Å². The van der Waals surface area contributed by atoms with Gasteiger partial charge in [-0.05, 0) is 38.8 Å². The molecule has 0 amide bonds. The number of benzene rings is 1. The highest BCUT2D eigenvalue weighted by atomic mass is 16.5. The molecule has 16 heavy (non-hydrogen) atoms. The first-order valence-electron chi connectivity index (χ1n) is 5.58. The highest BCUT2D eigenvalue weighted by Gasteiger charge is 2.32. The van der Waals surface area contributed by atoms with Crippen molar-refractivity contribution in [2.75, 3.05) is 0 Å². The zero-order chi connectivity index (χ0) is 11.3. The molecule has 2 aliphatic heterocycles. The van der Waals surface area contributed by atoms with Gasteiger partial charge in [-0.25, -0.2) is 4.79 Å². The van der Waals surface area contributed by atoms with E-state index in [0.717, 1.165) is 29.7 Å². The predicted molar refractivity (Wildman–Crippen MR) is 58.6 cm³/mol. The quantitative estimate of drug-likeness (QED) is 0.627. The summed E-state index contributed by atoms with van der Waals surface area (Å²) in [5.74, 6) is 0.705. The molecule has 0 radical (unpaired) electrons. The number of carbonyl (C=O) groups excluding carboxylic acids is 1. The molecule has 0 saturated heterocycles. The van der Waals surface area contributed by atoms with Gasteiger partial charge in [0.15, 0.2) is 0 Å². The fraction of sp³-hybridized carbons (Fsp3) is 0.462. The van der Waals surface area contributed by atoms with Crippen LogP contribution in [0, 0.1) is 0 Å². The van der Waals surface area contributed by atoms with Gasteiger partial charge in [0.05, 0.1) is 5.56 Å². The second-order valence-electron chi connectivity index (χ2n) is 5.01. The van der Waals surface area contributed by atoms with Crippen molar-refractivity contribution < 1.29 is 14.3 Å². The Bertz CT molecular complexity index is 474. The van der Waals surface area contributed by atoms with Gasteiger partial charge >= 0.3 is 5.97 Å². The third-order valence-corrected chi connectivity index (χ3v) is 3.32. The molecular weight excluding hydrogens is 204 g/mol. The number of cyclic esters (lactones) is 1. The van der Waals surface area contributed by atoms with E-state index in [-0.39, 0.29) is 11.6 Å². The summed E-state index contributed by atoms with van der Waals surface area (Å²) >= 11 is 0. The largest absolute Gasteiger partial charge is 0.488 e. The van der Waals surface area contributed by atoms with Crippen LogP contribution in [0.5, 0.6) is 5.75 Å². The molecule has 0 aromatic heterocycles. The summed E-state index contributed by atoms with van der Waals surface area (Å²) in [5, 5.41) is 0. The summed E-state index contributed by atoms with van der Waals surface area (Å²) < 4.78 is 11.0. The molecule has 1 aromatic rings. The molecule has 2 aliphatic rings. The number of esters is 1. The smallest absolute Gasteiger partial charge is 0.338 e. The summed E-state index contributed by atoms with van der Waals surface area (Å²) in [5.41, 5.74) is 2.78. The first kappa shape index (κ1) is 9.70. The first-order chi connectivity index (χ1) is 7.57. The van der Waals surface area contributed by atoms with E-state index in [0.29, 0.717) is 12.2 Å². The van der Waals surface area contributed by atoms with Gasteiger partial charge in [-0.1, -0.05) is 0 Å². The summed E-state index contributed by atoms with van der Waals surface area (Å²) in [4.78, 5) is 11.4. The molecule has 0 N–H and O–H groups in total. The molecule has 1 aromatic carbocycles. The van der Waals surface area contributed by atoms with Crippen molar-refractivity contribution >= 4 is 5.97 Å². The molecule has 3 rings (SSSR count). The van der Waals surface area contributed by atoms with Gasteiger partial charge in [-0.3, -0.25) is 0 Å². The number of ether oxygens (including phenoxy) is 2. The van der Waals surface area contributed by atoms with E-state index in [1.807, 2.05) is 12.1 Å².